The number of nitrogens with zero attached hydrogens (tertiary/aromatic N) is 3. The van der Waals surface area contributed by atoms with E-state index >= 15 is 0 Å². The van der Waals surface area contributed by atoms with Crippen LogP contribution >= 0.6 is 23.1 Å². The highest BCUT2D eigenvalue weighted by molar-refractivity contribution is 8.01. The van der Waals surface area contributed by atoms with E-state index in [1.54, 1.807) is 25.3 Å². The zero-order valence-electron chi connectivity index (χ0n) is 15.7. The fourth-order valence-electron chi connectivity index (χ4n) is 2.26. The number of carbonyl (C=O) groups is 2. The van der Waals surface area contributed by atoms with E-state index in [1.165, 1.54) is 35.1 Å². The molecule has 0 unspecified atom stereocenters. The van der Waals surface area contributed by atoms with Crippen molar-refractivity contribution in [3.8, 4) is 5.75 Å². The Hall–Kier alpha value is -2.37. The van der Waals surface area contributed by atoms with Gasteiger partial charge in [0.05, 0.1) is 25.2 Å². The average Bonchev–Trinajstić information content (AvgIpc) is 3.14. The monoisotopic (exact) mass is 425 g/mol. The van der Waals surface area contributed by atoms with Gasteiger partial charge in [-0.15, -0.1) is 10.2 Å². The minimum Gasteiger partial charge on any atom is -0.495 e. The molecule has 0 atom stereocenters. The number of amides is 2. The Morgan fingerprint density at radius 1 is 1.29 bits per heavy atom. The number of hydrogen-bond donors (Lipinski definition) is 2. The number of nitrogens with two attached hydrogens (primary N) is 1. The van der Waals surface area contributed by atoms with Gasteiger partial charge in [0.15, 0.2) is 4.34 Å². The smallest absolute Gasteiger partial charge is 0.237 e. The highest BCUT2D eigenvalue weighted by atomic mass is 32.2. The largest absolute Gasteiger partial charge is 0.495 e. The lowest BCUT2D eigenvalue weighted by Crippen LogP contribution is -2.35. The van der Waals surface area contributed by atoms with Crippen LogP contribution in [0.2, 0.25) is 0 Å². The Morgan fingerprint density at radius 2 is 2.07 bits per heavy atom. The Labute approximate surface area is 171 Å². The second-order valence-corrected chi connectivity index (χ2v) is 7.71. The maximum absolute atomic E-state index is 12.8. The zero-order valence-corrected chi connectivity index (χ0v) is 17.3. The van der Waals surface area contributed by atoms with E-state index in [9.17, 15) is 9.59 Å². The van der Waals surface area contributed by atoms with Gasteiger partial charge in [-0.2, -0.15) is 0 Å². The third-order valence-corrected chi connectivity index (χ3v) is 5.57. The molecule has 0 aliphatic carbocycles. The lowest BCUT2D eigenvalue weighted by atomic mass is 10.2. The van der Waals surface area contributed by atoms with Crippen LogP contribution in [0.4, 0.5) is 10.8 Å². The molecule has 152 valence electrons. The van der Waals surface area contributed by atoms with Gasteiger partial charge >= 0.3 is 0 Å². The summed E-state index contributed by atoms with van der Waals surface area (Å²) in [5, 5.41) is 11.9. The lowest BCUT2D eigenvalue weighted by molar-refractivity contribution is -0.118. The fourth-order valence-corrected chi connectivity index (χ4v) is 3.91. The predicted octanol–water partition coefficient (Wildman–Crippen LogP) is 1.61. The number of hydrogen-bond acceptors (Lipinski definition) is 9. The number of aromatic nitrogens is 2. The third-order valence-electron chi connectivity index (χ3n) is 3.57. The number of carbonyl (C=O) groups excluding carboxylic acids is 2. The second kappa shape index (κ2) is 11.5. The van der Waals surface area contributed by atoms with E-state index < -0.39 is 5.91 Å². The van der Waals surface area contributed by atoms with Crippen molar-refractivity contribution in [2.24, 2.45) is 5.73 Å². The lowest BCUT2D eigenvalue weighted by Gasteiger charge is -2.24. The number of thioether (sulfide) groups is 1. The molecule has 0 radical (unpaired) electrons. The van der Waals surface area contributed by atoms with Crippen LogP contribution in [-0.2, 0) is 14.3 Å². The molecule has 0 aliphatic heterocycles. The first-order valence-corrected chi connectivity index (χ1v) is 10.3. The van der Waals surface area contributed by atoms with Gasteiger partial charge in [0.25, 0.3) is 0 Å². The summed E-state index contributed by atoms with van der Waals surface area (Å²) in [6.45, 7) is 1.37. The summed E-state index contributed by atoms with van der Waals surface area (Å²) in [6.07, 6.45) is 0.0564. The number of anilines is 2. The summed E-state index contributed by atoms with van der Waals surface area (Å²) in [5.74, 6) is 0.0331. The van der Waals surface area contributed by atoms with Crippen LogP contribution in [0.15, 0.2) is 28.6 Å². The summed E-state index contributed by atoms with van der Waals surface area (Å²) in [5.41, 5.74) is 5.86. The van der Waals surface area contributed by atoms with E-state index in [2.05, 4.69) is 15.5 Å². The highest BCUT2D eigenvalue weighted by Gasteiger charge is 2.20. The van der Waals surface area contributed by atoms with Crippen molar-refractivity contribution in [2.75, 3.05) is 49.9 Å². The van der Waals surface area contributed by atoms with E-state index in [1.807, 2.05) is 6.07 Å². The van der Waals surface area contributed by atoms with Gasteiger partial charge in [-0.05, 0) is 12.1 Å². The maximum atomic E-state index is 12.8. The summed E-state index contributed by atoms with van der Waals surface area (Å²) in [7, 11) is 3.16. The van der Waals surface area contributed by atoms with E-state index in [0.29, 0.717) is 34.1 Å². The number of rotatable bonds is 12. The molecule has 1 aromatic carbocycles. The number of nitrogens with one attached hydrogen (secondary N) is 1. The van der Waals surface area contributed by atoms with Crippen molar-refractivity contribution in [2.45, 2.75) is 10.8 Å². The molecule has 9 nitrogen and oxygen atoms in total. The summed E-state index contributed by atoms with van der Waals surface area (Å²) in [4.78, 5) is 25.6. The SMILES string of the molecule is COCCNc1nnc(SCC(=O)N(CCC(N)=O)c2ccccc2OC)s1. The first-order valence-electron chi connectivity index (χ1n) is 8.46. The Bertz CT molecular complexity index is 786. The first-order chi connectivity index (χ1) is 13.5. The van der Waals surface area contributed by atoms with E-state index in [4.69, 9.17) is 15.2 Å². The van der Waals surface area contributed by atoms with Crippen LogP contribution in [-0.4, -0.2) is 61.7 Å². The molecule has 1 heterocycles. The third kappa shape index (κ3) is 6.66. The molecule has 2 amide bonds. The molecule has 0 saturated carbocycles. The molecule has 2 aromatic rings. The molecular formula is C17H23N5O4S2. The second-order valence-electron chi connectivity index (χ2n) is 5.51. The van der Waals surface area contributed by atoms with Gasteiger partial charge in [0, 0.05) is 26.6 Å². The molecule has 11 heteroatoms. The molecule has 3 N–H and O–H groups in total. The molecular weight excluding hydrogens is 402 g/mol. The Kier molecular flexibility index (Phi) is 8.98. The maximum Gasteiger partial charge on any atom is 0.237 e. The molecule has 1 aromatic heterocycles. The summed E-state index contributed by atoms with van der Waals surface area (Å²) < 4.78 is 11.0. The van der Waals surface area contributed by atoms with E-state index in [0.717, 1.165) is 0 Å². The predicted molar refractivity (Wildman–Crippen MR) is 110 cm³/mol. The van der Waals surface area contributed by atoms with Gasteiger partial charge in [0.1, 0.15) is 5.75 Å². The van der Waals surface area contributed by atoms with Gasteiger partial charge < -0.3 is 25.4 Å². The van der Waals surface area contributed by atoms with Crippen LogP contribution in [0.5, 0.6) is 5.75 Å². The quantitative estimate of drug-likeness (QED) is 0.389. The van der Waals surface area contributed by atoms with Crippen molar-refractivity contribution < 1.29 is 19.1 Å². The van der Waals surface area contributed by atoms with Gasteiger partial charge in [-0.1, -0.05) is 35.2 Å². The molecule has 0 aliphatic rings. The average molecular weight is 426 g/mol. The standard InChI is InChI=1S/C17H23N5O4S2/c1-25-10-8-19-16-20-21-17(28-16)27-11-15(24)22(9-7-14(18)23)12-5-3-4-6-13(12)26-2/h3-6H,7-11H2,1-2H3,(H2,18,23)(H,19,20). The molecule has 2 rings (SSSR count). The van der Waals surface area contributed by atoms with Crippen molar-refractivity contribution in [3.63, 3.8) is 0 Å². The van der Waals surface area contributed by atoms with E-state index in [-0.39, 0.29) is 24.6 Å². The summed E-state index contributed by atoms with van der Waals surface area (Å²) >= 11 is 2.65. The minimum atomic E-state index is -0.476. The van der Waals surface area contributed by atoms with Gasteiger partial charge in [-0.25, -0.2) is 0 Å². The van der Waals surface area contributed by atoms with Crippen LogP contribution < -0.4 is 20.7 Å². The highest BCUT2D eigenvalue weighted by Crippen LogP contribution is 2.30. The number of para-hydroxylation sites is 2. The van der Waals surface area contributed by atoms with Crippen molar-refractivity contribution in [1.82, 2.24) is 10.2 Å². The molecule has 0 fully saturated rings. The number of ether oxygens (including phenoxy) is 2. The normalized spacial score (nSPS) is 10.5. The van der Waals surface area contributed by atoms with Crippen LogP contribution in [0.25, 0.3) is 0 Å². The van der Waals surface area contributed by atoms with Crippen LogP contribution in [0, 0.1) is 0 Å². The van der Waals surface area contributed by atoms with Crippen LogP contribution in [0.3, 0.4) is 0 Å². The molecule has 0 bridgehead atoms. The van der Waals surface area contributed by atoms with Crippen molar-refractivity contribution >= 4 is 45.7 Å². The number of methoxy groups -OCH3 is 2. The topological polar surface area (TPSA) is 120 Å². The summed E-state index contributed by atoms with van der Waals surface area (Å²) in [6, 6.07) is 7.15. The Morgan fingerprint density at radius 3 is 2.79 bits per heavy atom. The number of benzene rings is 1. The Balaban J connectivity index is 2.03. The van der Waals surface area contributed by atoms with Crippen molar-refractivity contribution in [1.29, 1.82) is 0 Å². The molecule has 28 heavy (non-hydrogen) atoms. The first kappa shape index (κ1) is 21.9. The fraction of sp³-hybridized carbons (Fsp3) is 0.412. The van der Waals surface area contributed by atoms with Gasteiger partial charge in [-0.3, -0.25) is 9.59 Å². The number of primary amides is 1. The molecule has 0 saturated heterocycles. The minimum absolute atomic E-state index is 0.0564. The van der Waals surface area contributed by atoms with Crippen molar-refractivity contribution in [3.05, 3.63) is 24.3 Å². The molecule has 0 spiro atoms. The zero-order chi connectivity index (χ0) is 20.4. The van der Waals surface area contributed by atoms with Gasteiger partial charge in [0.2, 0.25) is 16.9 Å². The van der Waals surface area contributed by atoms with Crippen LogP contribution in [0.1, 0.15) is 6.42 Å².